The highest BCUT2D eigenvalue weighted by Crippen LogP contribution is 2.24. The van der Waals surface area contributed by atoms with Crippen LogP contribution in [0.25, 0.3) is 11.6 Å². The summed E-state index contributed by atoms with van der Waals surface area (Å²) in [7, 11) is -2.90. The number of furan rings is 1. The van der Waals surface area contributed by atoms with Crippen molar-refractivity contribution in [2.75, 3.05) is 11.5 Å². The Hall–Kier alpha value is -2.41. The third kappa shape index (κ3) is 3.88. The first-order valence-corrected chi connectivity index (χ1v) is 10.6. The van der Waals surface area contributed by atoms with E-state index >= 15 is 0 Å². The number of nitrogens with zero attached hydrogens (tertiary/aromatic N) is 3. The highest BCUT2D eigenvalue weighted by Gasteiger charge is 2.29. The highest BCUT2D eigenvalue weighted by atomic mass is 32.2. The SMILES string of the molecule is O=S1(=O)CC[C@@H](Cc2nc(-c3ccco3)nn2CCc2ccccc2)C1. The van der Waals surface area contributed by atoms with Gasteiger partial charge < -0.3 is 4.42 Å². The summed E-state index contributed by atoms with van der Waals surface area (Å²) in [5.41, 5.74) is 1.23. The summed E-state index contributed by atoms with van der Waals surface area (Å²) in [6, 6.07) is 13.9. The van der Waals surface area contributed by atoms with Crippen LogP contribution in [0.3, 0.4) is 0 Å². The van der Waals surface area contributed by atoms with Gasteiger partial charge in [-0.2, -0.15) is 0 Å². The van der Waals surface area contributed by atoms with Crippen molar-refractivity contribution >= 4 is 9.84 Å². The molecule has 3 aromatic rings. The first kappa shape index (κ1) is 17.0. The van der Waals surface area contributed by atoms with Crippen molar-refractivity contribution in [1.29, 1.82) is 0 Å². The van der Waals surface area contributed by atoms with Gasteiger partial charge in [-0.1, -0.05) is 30.3 Å². The minimum atomic E-state index is -2.90. The Labute approximate surface area is 152 Å². The Morgan fingerprint density at radius 1 is 1.15 bits per heavy atom. The van der Waals surface area contributed by atoms with Crippen LogP contribution < -0.4 is 0 Å². The molecule has 1 atom stereocenters. The van der Waals surface area contributed by atoms with E-state index in [1.165, 1.54) is 5.56 Å². The van der Waals surface area contributed by atoms with Crippen molar-refractivity contribution in [2.24, 2.45) is 5.92 Å². The van der Waals surface area contributed by atoms with Gasteiger partial charge in [0.2, 0.25) is 5.82 Å². The molecule has 1 fully saturated rings. The molecule has 1 aromatic carbocycles. The van der Waals surface area contributed by atoms with E-state index in [4.69, 9.17) is 4.42 Å². The third-order valence-corrected chi connectivity index (χ3v) is 6.58. The maximum Gasteiger partial charge on any atom is 0.217 e. The van der Waals surface area contributed by atoms with Gasteiger partial charge in [0.1, 0.15) is 5.82 Å². The fourth-order valence-corrected chi connectivity index (χ4v) is 5.25. The van der Waals surface area contributed by atoms with Crippen molar-refractivity contribution in [1.82, 2.24) is 14.8 Å². The number of aromatic nitrogens is 3. The molecule has 0 saturated carbocycles. The van der Waals surface area contributed by atoms with Crippen LogP contribution in [0.5, 0.6) is 0 Å². The molecule has 0 amide bonds. The van der Waals surface area contributed by atoms with Crippen LogP contribution in [0.15, 0.2) is 53.1 Å². The Bertz CT molecular complexity index is 963. The van der Waals surface area contributed by atoms with E-state index in [-0.39, 0.29) is 17.4 Å². The van der Waals surface area contributed by atoms with Crippen LogP contribution in [-0.2, 0) is 29.2 Å². The summed E-state index contributed by atoms with van der Waals surface area (Å²) < 4.78 is 30.8. The molecule has 1 saturated heterocycles. The monoisotopic (exact) mass is 371 g/mol. The molecule has 4 rings (SSSR count). The molecular formula is C19H21N3O3S. The number of rotatable bonds is 6. The smallest absolute Gasteiger partial charge is 0.217 e. The minimum absolute atomic E-state index is 0.115. The summed E-state index contributed by atoms with van der Waals surface area (Å²) in [4.78, 5) is 4.64. The molecule has 0 spiro atoms. The van der Waals surface area contributed by atoms with Crippen LogP contribution in [0, 0.1) is 5.92 Å². The lowest BCUT2D eigenvalue weighted by atomic mass is 10.0. The Balaban J connectivity index is 1.56. The molecule has 0 N–H and O–H groups in total. The topological polar surface area (TPSA) is 78.0 Å². The second kappa shape index (κ2) is 7.07. The largest absolute Gasteiger partial charge is 0.461 e. The van der Waals surface area contributed by atoms with Gasteiger partial charge in [-0.3, -0.25) is 0 Å². The van der Waals surface area contributed by atoms with Gasteiger partial charge in [0.05, 0.1) is 17.8 Å². The molecule has 0 radical (unpaired) electrons. The van der Waals surface area contributed by atoms with Gasteiger partial charge in [-0.15, -0.1) is 5.10 Å². The molecular weight excluding hydrogens is 350 g/mol. The van der Waals surface area contributed by atoms with Crippen LogP contribution in [0.4, 0.5) is 0 Å². The lowest BCUT2D eigenvalue weighted by Gasteiger charge is -2.09. The fourth-order valence-electron chi connectivity index (χ4n) is 3.39. The maximum atomic E-state index is 11.8. The molecule has 136 valence electrons. The van der Waals surface area contributed by atoms with Crippen molar-refractivity contribution in [3.63, 3.8) is 0 Å². The molecule has 0 unspecified atom stereocenters. The zero-order valence-corrected chi connectivity index (χ0v) is 15.2. The quantitative estimate of drug-likeness (QED) is 0.666. The average Bonchev–Trinajstić information content (AvgIpc) is 3.35. The van der Waals surface area contributed by atoms with Gasteiger partial charge in [0.25, 0.3) is 0 Å². The highest BCUT2D eigenvalue weighted by molar-refractivity contribution is 7.91. The number of sulfone groups is 1. The van der Waals surface area contributed by atoms with E-state index < -0.39 is 9.84 Å². The lowest BCUT2D eigenvalue weighted by molar-refractivity contribution is 0.515. The predicted octanol–water partition coefficient (Wildman–Crippen LogP) is 2.76. The van der Waals surface area contributed by atoms with Crippen LogP contribution >= 0.6 is 0 Å². The summed E-state index contributed by atoms with van der Waals surface area (Å²) in [6.07, 6.45) is 3.77. The summed E-state index contributed by atoms with van der Waals surface area (Å²) in [6.45, 7) is 0.701. The lowest BCUT2D eigenvalue weighted by Crippen LogP contribution is -2.14. The van der Waals surface area contributed by atoms with Crippen molar-refractivity contribution in [3.8, 4) is 11.6 Å². The maximum absolute atomic E-state index is 11.8. The number of benzene rings is 1. The van der Waals surface area contributed by atoms with Gasteiger partial charge in [-0.25, -0.2) is 18.1 Å². The minimum Gasteiger partial charge on any atom is -0.461 e. The van der Waals surface area contributed by atoms with Gasteiger partial charge in [0.15, 0.2) is 15.6 Å². The van der Waals surface area contributed by atoms with E-state index in [2.05, 4.69) is 22.2 Å². The van der Waals surface area contributed by atoms with E-state index in [1.54, 1.807) is 6.26 Å². The first-order valence-electron chi connectivity index (χ1n) is 8.81. The number of hydrogen-bond acceptors (Lipinski definition) is 5. The van der Waals surface area contributed by atoms with E-state index in [1.807, 2.05) is 35.0 Å². The van der Waals surface area contributed by atoms with E-state index in [9.17, 15) is 8.42 Å². The van der Waals surface area contributed by atoms with Crippen LogP contribution in [0.2, 0.25) is 0 Å². The second-order valence-corrected chi connectivity index (χ2v) is 8.99. The Morgan fingerprint density at radius 3 is 2.69 bits per heavy atom. The zero-order chi connectivity index (χ0) is 18.0. The summed E-state index contributed by atoms with van der Waals surface area (Å²) in [5.74, 6) is 2.65. The molecule has 0 bridgehead atoms. The van der Waals surface area contributed by atoms with Gasteiger partial charge in [0, 0.05) is 13.0 Å². The molecule has 1 aliphatic heterocycles. The fraction of sp³-hybridized carbons (Fsp3) is 0.368. The molecule has 2 aromatic heterocycles. The molecule has 7 heteroatoms. The molecule has 6 nitrogen and oxygen atoms in total. The Morgan fingerprint density at radius 2 is 2.00 bits per heavy atom. The van der Waals surface area contributed by atoms with Crippen LogP contribution in [0.1, 0.15) is 17.8 Å². The standard InChI is InChI=1S/C19H21N3O3S/c23-26(24)12-9-16(14-26)13-18-20-19(17-7-4-11-25-17)21-22(18)10-8-15-5-2-1-3-6-15/h1-7,11,16H,8-10,12-14H2/t16-/m0/s1. The second-order valence-electron chi connectivity index (χ2n) is 6.76. The zero-order valence-electron chi connectivity index (χ0n) is 14.4. The van der Waals surface area contributed by atoms with Gasteiger partial charge >= 0.3 is 0 Å². The summed E-state index contributed by atoms with van der Waals surface area (Å²) >= 11 is 0. The van der Waals surface area contributed by atoms with E-state index in [0.29, 0.717) is 31.0 Å². The van der Waals surface area contributed by atoms with E-state index in [0.717, 1.165) is 12.2 Å². The molecule has 3 heterocycles. The van der Waals surface area contributed by atoms with Gasteiger partial charge in [-0.05, 0) is 36.5 Å². The van der Waals surface area contributed by atoms with Crippen LogP contribution in [-0.4, -0.2) is 34.7 Å². The summed E-state index contributed by atoms with van der Waals surface area (Å²) in [5, 5.41) is 4.61. The normalized spacial score (nSPS) is 19.0. The number of aryl methyl sites for hydroxylation is 2. The van der Waals surface area contributed by atoms with Crippen molar-refractivity contribution in [3.05, 3.63) is 60.1 Å². The average molecular weight is 371 g/mol. The first-order chi connectivity index (χ1) is 12.6. The third-order valence-electron chi connectivity index (χ3n) is 4.74. The molecule has 1 aliphatic rings. The molecule has 0 aliphatic carbocycles. The molecule has 26 heavy (non-hydrogen) atoms. The van der Waals surface area contributed by atoms with Crippen molar-refractivity contribution < 1.29 is 12.8 Å². The predicted molar refractivity (Wildman–Crippen MR) is 98.3 cm³/mol. The van der Waals surface area contributed by atoms with Crippen molar-refractivity contribution in [2.45, 2.75) is 25.8 Å². The Kier molecular flexibility index (Phi) is 4.63. The number of hydrogen-bond donors (Lipinski definition) is 0.